The Kier molecular flexibility index (Phi) is 5.51. The molecule has 8 heteroatoms. The summed E-state index contributed by atoms with van der Waals surface area (Å²) < 4.78 is 32.8. The molecule has 0 amide bonds. The summed E-state index contributed by atoms with van der Waals surface area (Å²) in [5.41, 5.74) is 0.483. The number of hydrogen-bond acceptors (Lipinski definition) is 6. The van der Waals surface area contributed by atoms with Crippen molar-refractivity contribution in [3.8, 4) is 11.8 Å². The Morgan fingerprint density at radius 2 is 1.96 bits per heavy atom. The highest BCUT2D eigenvalue weighted by Gasteiger charge is 2.26. The first-order chi connectivity index (χ1) is 12.6. The molecule has 1 aromatic heterocycles. The summed E-state index contributed by atoms with van der Waals surface area (Å²) in [5, 5.41) is 11.0. The highest BCUT2D eigenvalue weighted by atomic mass is 32.2. The van der Waals surface area contributed by atoms with Gasteiger partial charge in [-0.1, -0.05) is 24.3 Å². The zero-order chi connectivity index (χ0) is 18.4. The van der Waals surface area contributed by atoms with Crippen LogP contribution in [-0.4, -0.2) is 26.6 Å². The Labute approximate surface area is 156 Å². The van der Waals surface area contributed by atoms with Crippen LogP contribution < -0.4 is 9.04 Å². The molecule has 0 saturated carbocycles. The molecule has 6 nitrogen and oxygen atoms in total. The van der Waals surface area contributed by atoms with Crippen molar-refractivity contribution < 1.29 is 13.2 Å². The lowest BCUT2D eigenvalue weighted by molar-refractivity contribution is 0.328. The van der Waals surface area contributed by atoms with Crippen LogP contribution in [0, 0.1) is 11.3 Å². The quantitative estimate of drug-likeness (QED) is 0.623. The lowest BCUT2D eigenvalue weighted by atomic mass is 10.2. The van der Waals surface area contributed by atoms with Crippen LogP contribution >= 0.6 is 11.3 Å². The molecule has 132 valence electrons. The number of sulfonamides is 1. The van der Waals surface area contributed by atoms with Crippen LogP contribution in [0.5, 0.6) is 5.75 Å². The number of ether oxygens (including phenoxy) is 1. The van der Waals surface area contributed by atoms with E-state index in [1.807, 2.05) is 6.07 Å². The number of thiazole rings is 1. The van der Waals surface area contributed by atoms with Gasteiger partial charge in [0.2, 0.25) is 0 Å². The standard InChI is InChI=1S/C18H15N3O3S2/c19-14-15-5-4-6-16(13-15)24-11-10-21(18-20-9-12-25-18)26(22,23)17-7-2-1-3-8-17/h1-9,12-13H,10-11H2. The molecule has 3 aromatic rings. The van der Waals surface area contributed by atoms with Crippen molar-refractivity contribution in [1.29, 1.82) is 5.26 Å². The first-order valence-electron chi connectivity index (χ1n) is 7.71. The second-order valence-corrected chi connectivity index (χ2v) is 7.93. The monoisotopic (exact) mass is 385 g/mol. The zero-order valence-electron chi connectivity index (χ0n) is 13.6. The van der Waals surface area contributed by atoms with Gasteiger partial charge in [0, 0.05) is 11.6 Å². The van der Waals surface area contributed by atoms with Crippen LogP contribution in [0.1, 0.15) is 5.56 Å². The van der Waals surface area contributed by atoms with E-state index in [4.69, 9.17) is 10.00 Å². The van der Waals surface area contributed by atoms with Gasteiger partial charge in [-0.25, -0.2) is 17.7 Å². The smallest absolute Gasteiger partial charge is 0.266 e. The number of hydrogen-bond donors (Lipinski definition) is 0. The van der Waals surface area contributed by atoms with Crippen molar-refractivity contribution in [3.63, 3.8) is 0 Å². The van der Waals surface area contributed by atoms with Crippen LogP contribution in [0.15, 0.2) is 71.1 Å². The first-order valence-corrected chi connectivity index (χ1v) is 10.0. The van der Waals surface area contributed by atoms with Gasteiger partial charge in [0.15, 0.2) is 5.13 Å². The summed E-state index contributed by atoms with van der Waals surface area (Å²) >= 11 is 1.24. The maximum absolute atomic E-state index is 13.0. The minimum absolute atomic E-state index is 0.0987. The molecule has 0 radical (unpaired) electrons. The van der Waals surface area contributed by atoms with E-state index >= 15 is 0 Å². The van der Waals surface area contributed by atoms with Crippen LogP contribution in [0.3, 0.4) is 0 Å². The number of aromatic nitrogens is 1. The number of benzene rings is 2. The predicted octanol–water partition coefficient (Wildman–Crippen LogP) is 3.29. The van der Waals surface area contributed by atoms with Crippen molar-refractivity contribution >= 4 is 26.5 Å². The third kappa shape index (κ3) is 4.02. The van der Waals surface area contributed by atoms with Gasteiger partial charge >= 0.3 is 0 Å². The largest absolute Gasteiger partial charge is 0.492 e. The highest BCUT2D eigenvalue weighted by Crippen LogP contribution is 2.25. The van der Waals surface area contributed by atoms with Gasteiger partial charge in [0.1, 0.15) is 12.4 Å². The Morgan fingerprint density at radius 3 is 2.65 bits per heavy atom. The van der Waals surface area contributed by atoms with Crippen molar-refractivity contribution in [1.82, 2.24) is 4.98 Å². The molecule has 3 rings (SSSR count). The normalized spacial score (nSPS) is 10.9. The van der Waals surface area contributed by atoms with Crippen LogP contribution in [-0.2, 0) is 10.0 Å². The predicted molar refractivity (Wildman–Crippen MR) is 99.7 cm³/mol. The molecule has 0 bridgehead atoms. The fourth-order valence-corrected chi connectivity index (χ4v) is 4.60. The molecule has 0 fully saturated rings. The van der Waals surface area contributed by atoms with Gasteiger partial charge < -0.3 is 4.74 Å². The SMILES string of the molecule is N#Cc1cccc(OCCN(c2nccs2)S(=O)(=O)c2ccccc2)c1. The highest BCUT2D eigenvalue weighted by molar-refractivity contribution is 7.93. The number of nitrogens with zero attached hydrogens (tertiary/aromatic N) is 3. The average Bonchev–Trinajstić information content (AvgIpc) is 3.20. The van der Waals surface area contributed by atoms with Gasteiger partial charge in [-0.2, -0.15) is 5.26 Å². The van der Waals surface area contributed by atoms with E-state index in [0.717, 1.165) is 0 Å². The molecular formula is C18H15N3O3S2. The lowest BCUT2D eigenvalue weighted by Crippen LogP contribution is -2.34. The van der Waals surface area contributed by atoms with Gasteiger partial charge in [0.05, 0.1) is 23.1 Å². The Hall–Kier alpha value is -2.89. The van der Waals surface area contributed by atoms with Gasteiger partial charge in [-0.3, -0.25) is 0 Å². The van der Waals surface area contributed by atoms with Gasteiger partial charge in [-0.05, 0) is 30.3 Å². The Bertz CT molecular complexity index is 998. The molecule has 0 atom stereocenters. The van der Waals surface area contributed by atoms with Crippen LogP contribution in [0.25, 0.3) is 0 Å². The van der Waals surface area contributed by atoms with E-state index in [9.17, 15) is 8.42 Å². The van der Waals surface area contributed by atoms with Crippen molar-refractivity contribution in [2.24, 2.45) is 0 Å². The molecule has 0 aliphatic carbocycles. The maximum Gasteiger partial charge on any atom is 0.266 e. The first kappa shape index (κ1) is 17.9. The third-order valence-corrected chi connectivity index (χ3v) is 6.20. The lowest BCUT2D eigenvalue weighted by Gasteiger charge is -2.21. The van der Waals surface area contributed by atoms with Crippen molar-refractivity contribution in [3.05, 3.63) is 71.7 Å². The molecule has 2 aromatic carbocycles. The summed E-state index contributed by atoms with van der Waals surface area (Å²) in [6.07, 6.45) is 1.56. The fourth-order valence-electron chi connectivity index (χ4n) is 2.28. The second kappa shape index (κ2) is 7.99. The zero-order valence-corrected chi connectivity index (χ0v) is 15.3. The van der Waals surface area contributed by atoms with E-state index in [2.05, 4.69) is 4.98 Å². The molecule has 0 saturated heterocycles. The van der Waals surface area contributed by atoms with Crippen molar-refractivity contribution in [2.75, 3.05) is 17.5 Å². The van der Waals surface area contributed by atoms with E-state index in [1.54, 1.807) is 66.2 Å². The van der Waals surface area contributed by atoms with Crippen LogP contribution in [0.4, 0.5) is 5.13 Å². The molecule has 26 heavy (non-hydrogen) atoms. The van der Waals surface area contributed by atoms with E-state index in [1.165, 1.54) is 15.6 Å². The molecule has 0 unspecified atom stereocenters. The number of anilines is 1. The topological polar surface area (TPSA) is 83.3 Å². The number of rotatable bonds is 7. The van der Waals surface area contributed by atoms with Gasteiger partial charge in [0.25, 0.3) is 10.0 Å². The van der Waals surface area contributed by atoms with Crippen LogP contribution in [0.2, 0.25) is 0 Å². The molecule has 0 N–H and O–H groups in total. The minimum atomic E-state index is -3.74. The van der Waals surface area contributed by atoms with E-state index < -0.39 is 10.0 Å². The second-order valence-electron chi connectivity index (χ2n) is 5.19. The minimum Gasteiger partial charge on any atom is -0.492 e. The molecule has 0 spiro atoms. The average molecular weight is 385 g/mol. The molecule has 0 aliphatic heterocycles. The molecular weight excluding hydrogens is 370 g/mol. The summed E-state index contributed by atoms with van der Waals surface area (Å²) in [6.45, 7) is 0.224. The summed E-state index contributed by atoms with van der Waals surface area (Å²) in [5.74, 6) is 0.514. The van der Waals surface area contributed by atoms with Crippen molar-refractivity contribution in [2.45, 2.75) is 4.90 Å². The van der Waals surface area contributed by atoms with E-state index in [-0.39, 0.29) is 18.0 Å². The molecule has 1 heterocycles. The summed E-state index contributed by atoms with van der Waals surface area (Å²) in [6, 6.07) is 17.0. The molecule has 0 aliphatic rings. The summed E-state index contributed by atoms with van der Waals surface area (Å²) in [7, 11) is -3.74. The van der Waals surface area contributed by atoms with Gasteiger partial charge in [-0.15, -0.1) is 11.3 Å². The Morgan fingerprint density at radius 1 is 1.15 bits per heavy atom. The summed E-state index contributed by atoms with van der Waals surface area (Å²) in [4.78, 5) is 4.32. The Balaban J connectivity index is 1.79. The number of nitriles is 1. The third-order valence-electron chi connectivity index (χ3n) is 3.49. The van der Waals surface area contributed by atoms with E-state index in [0.29, 0.717) is 16.4 Å². The fraction of sp³-hybridized carbons (Fsp3) is 0.111. The maximum atomic E-state index is 13.0.